The Morgan fingerprint density at radius 1 is 1.14 bits per heavy atom. The Hall–Kier alpha value is -2.61. The first-order chi connectivity index (χ1) is 15.9. The van der Waals surface area contributed by atoms with Gasteiger partial charge in [-0.15, -0.1) is 24.8 Å². The molecule has 9 heteroatoms. The third-order valence-corrected chi connectivity index (χ3v) is 6.85. The average molecular weight is 520 g/mol. The molecule has 1 fully saturated rings. The van der Waals surface area contributed by atoms with Crippen LogP contribution in [0.4, 0.5) is 5.69 Å². The highest BCUT2D eigenvalue weighted by atomic mass is 35.5. The number of fused-ring (bicyclic) bond motifs is 1. The van der Waals surface area contributed by atoms with E-state index in [0.717, 1.165) is 60.5 Å². The number of rotatable bonds is 8. The molecule has 7 nitrogen and oxygen atoms in total. The fourth-order valence-corrected chi connectivity index (χ4v) is 4.59. The number of aryl methyl sites for hydroxylation is 3. The zero-order chi connectivity index (χ0) is 23.4. The van der Waals surface area contributed by atoms with E-state index in [1.165, 1.54) is 18.4 Å². The molecule has 0 saturated carbocycles. The highest BCUT2D eigenvalue weighted by Crippen LogP contribution is 2.24. The molecule has 0 aliphatic carbocycles. The topological polar surface area (TPSA) is 100 Å². The maximum Gasteiger partial charge on any atom is 0.226 e. The molecular weight excluding hydrogens is 483 g/mol. The minimum atomic E-state index is 0. The van der Waals surface area contributed by atoms with Crippen LogP contribution in [0.2, 0.25) is 0 Å². The molecule has 1 aliphatic rings. The molecule has 1 aliphatic heterocycles. The van der Waals surface area contributed by atoms with E-state index in [0.29, 0.717) is 12.3 Å². The molecule has 0 radical (unpaired) electrons. The lowest BCUT2D eigenvalue weighted by atomic mass is 9.93. The summed E-state index contributed by atoms with van der Waals surface area (Å²) in [7, 11) is 3.90. The van der Waals surface area contributed by atoms with Crippen molar-refractivity contribution >= 4 is 53.3 Å². The Morgan fingerprint density at radius 3 is 2.49 bits per heavy atom. The molecule has 1 aromatic heterocycles. The zero-order valence-corrected chi connectivity index (χ0v) is 22.1. The quantitative estimate of drug-likeness (QED) is 0.306. The van der Waals surface area contributed by atoms with Crippen molar-refractivity contribution in [2.24, 2.45) is 18.7 Å². The normalized spacial score (nSPS) is 13.7. The lowest BCUT2D eigenvalue weighted by Crippen LogP contribution is -2.30. The number of nitrogens with zero attached hydrogens (tertiary/aromatic N) is 3. The van der Waals surface area contributed by atoms with Crippen LogP contribution in [0.15, 0.2) is 42.5 Å². The number of nitrogens with two attached hydrogens (primary N) is 1. The number of carbonyl (C=O) groups excluding carboxylic acids is 1. The lowest BCUT2D eigenvalue weighted by Gasteiger charge is -2.23. The summed E-state index contributed by atoms with van der Waals surface area (Å²) < 4.78 is 2.13. The predicted octanol–water partition coefficient (Wildman–Crippen LogP) is 4.23. The highest BCUT2D eigenvalue weighted by molar-refractivity contribution is 5.95. The van der Waals surface area contributed by atoms with Gasteiger partial charge in [-0.2, -0.15) is 0 Å². The van der Waals surface area contributed by atoms with E-state index in [4.69, 9.17) is 16.1 Å². The number of piperidine rings is 1. The van der Waals surface area contributed by atoms with Crippen LogP contribution in [0.25, 0.3) is 11.0 Å². The predicted molar refractivity (Wildman–Crippen MR) is 148 cm³/mol. The number of benzene rings is 2. The summed E-state index contributed by atoms with van der Waals surface area (Å²) >= 11 is 0. The van der Waals surface area contributed by atoms with Crippen LogP contribution in [0, 0.1) is 11.3 Å². The Kier molecular flexibility index (Phi) is 10.6. The van der Waals surface area contributed by atoms with E-state index in [1.807, 2.05) is 50.5 Å². The van der Waals surface area contributed by atoms with Crippen LogP contribution in [-0.4, -0.2) is 41.4 Å². The van der Waals surface area contributed by atoms with Crippen LogP contribution in [0.5, 0.6) is 0 Å². The first kappa shape index (κ1) is 28.6. The van der Waals surface area contributed by atoms with Crippen molar-refractivity contribution in [3.8, 4) is 0 Å². The van der Waals surface area contributed by atoms with Gasteiger partial charge in [0.2, 0.25) is 5.91 Å². The van der Waals surface area contributed by atoms with Gasteiger partial charge >= 0.3 is 0 Å². The number of nitrogens with one attached hydrogen (secondary N) is 2. The van der Waals surface area contributed by atoms with E-state index in [-0.39, 0.29) is 36.6 Å². The minimum Gasteiger partial charge on any atom is -0.384 e. The van der Waals surface area contributed by atoms with Gasteiger partial charge < -0.3 is 20.5 Å². The smallest absolute Gasteiger partial charge is 0.226 e. The fourth-order valence-electron chi connectivity index (χ4n) is 4.59. The molecule has 0 unspecified atom stereocenters. The zero-order valence-electron chi connectivity index (χ0n) is 20.4. The molecule has 3 aromatic rings. The Morgan fingerprint density at radius 2 is 1.83 bits per heavy atom. The maximum absolute atomic E-state index is 12.8. The molecule has 1 amide bonds. The van der Waals surface area contributed by atoms with E-state index in [9.17, 15) is 4.79 Å². The van der Waals surface area contributed by atoms with Crippen LogP contribution in [0.3, 0.4) is 0 Å². The standard InChI is InChI=1S/C26H34N6O.2ClH/c1-31(25(33)12-6-19-13-15-29-16-14-19)21-9-10-23-22(17-21)30-24(32(23)2)11-5-18-3-7-20(8-4-18)26(27)28;;/h3-4,7-10,17,19,29H,5-6,11-16H2,1-2H3,(H3,27,28);2*1H. The van der Waals surface area contributed by atoms with E-state index in [2.05, 4.69) is 16.0 Å². The van der Waals surface area contributed by atoms with E-state index >= 15 is 0 Å². The summed E-state index contributed by atoms with van der Waals surface area (Å²) in [5, 5.41) is 10.9. The highest BCUT2D eigenvalue weighted by Gasteiger charge is 2.18. The SMILES string of the molecule is CN(C(=O)CCC1CCNCC1)c1ccc2c(c1)nc(CCc1ccc(C(=N)N)cc1)n2C.Cl.Cl. The Balaban J connectivity index is 0.00000216. The number of hydrogen-bond acceptors (Lipinski definition) is 4. The summed E-state index contributed by atoms with van der Waals surface area (Å²) in [6, 6.07) is 13.9. The number of imidazole rings is 1. The van der Waals surface area contributed by atoms with Gasteiger partial charge in [-0.1, -0.05) is 24.3 Å². The molecule has 0 atom stereocenters. The first-order valence-electron chi connectivity index (χ1n) is 11.8. The molecule has 2 aromatic carbocycles. The first-order valence-corrected chi connectivity index (χ1v) is 11.8. The van der Waals surface area contributed by atoms with Crippen molar-refractivity contribution in [1.82, 2.24) is 14.9 Å². The molecule has 190 valence electrons. The van der Waals surface area contributed by atoms with Crippen LogP contribution < -0.4 is 16.0 Å². The van der Waals surface area contributed by atoms with E-state index < -0.39 is 0 Å². The summed E-state index contributed by atoms with van der Waals surface area (Å²) in [5.41, 5.74) is 10.3. The van der Waals surface area contributed by atoms with Gasteiger partial charge in [0.15, 0.2) is 0 Å². The monoisotopic (exact) mass is 518 g/mol. The number of carbonyl (C=O) groups is 1. The van der Waals surface area contributed by atoms with Gasteiger partial charge in [-0.3, -0.25) is 10.2 Å². The summed E-state index contributed by atoms with van der Waals surface area (Å²) in [4.78, 5) is 19.4. The molecule has 0 bridgehead atoms. The number of amidine groups is 1. The van der Waals surface area contributed by atoms with Crippen molar-refractivity contribution in [1.29, 1.82) is 5.41 Å². The van der Waals surface area contributed by atoms with Crippen molar-refractivity contribution in [2.45, 2.75) is 38.5 Å². The molecule has 0 spiro atoms. The van der Waals surface area contributed by atoms with Gasteiger partial charge in [-0.25, -0.2) is 4.98 Å². The van der Waals surface area contributed by atoms with Gasteiger partial charge in [0.1, 0.15) is 11.7 Å². The second-order valence-corrected chi connectivity index (χ2v) is 9.06. The minimum absolute atomic E-state index is 0. The van der Waals surface area contributed by atoms with Gasteiger partial charge in [0, 0.05) is 38.2 Å². The molecule has 2 heterocycles. The fraction of sp³-hybridized carbons (Fsp3) is 0.423. The second kappa shape index (κ2) is 12.9. The molecule has 4 rings (SSSR count). The average Bonchev–Trinajstić information content (AvgIpc) is 3.16. The molecule has 1 saturated heterocycles. The number of anilines is 1. The lowest BCUT2D eigenvalue weighted by molar-refractivity contribution is -0.118. The van der Waals surface area contributed by atoms with Crippen molar-refractivity contribution in [3.05, 3.63) is 59.4 Å². The van der Waals surface area contributed by atoms with E-state index in [1.54, 1.807) is 4.90 Å². The largest absolute Gasteiger partial charge is 0.384 e. The number of amides is 1. The van der Waals surface area contributed by atoms with Gasteiger partial charge in [0.25, 0.3) is 0 Å². The van der Waals surface area contributed by atoms with Crippen molar-refractivity contribution in [3.63, 3.8) is 0 Å². The molecule has 4 N–H and O–H groups in total. The number of halogens is 2. The number of aromatic nitrogens is 2. The molecular formula is C26H36Cl2N6O. The third-order valence-electron chi connectivity index (χ3n) is 6.85. The number of nitrogen functional groups attached to an aromatic ring is 1. The van der Waals surface area contributed by atoms with Gasteiger partial charge in [0.05, 0.1) is 11.0 Å². The molecule has 35 heavy (non-hydrogen) atoms. The summed E-state index contributed by atoms with van der Waals surface area (Å²) in [6.45, 7) is 2.13. The second-order valence-electron chi connectivity index (χ2n) is 9.06. The van der Waals surface area contributed by atoms with Gasteiger partial charge in [-0.05, 0) is 68.5 Å². The third kappa shape index (κ3) is 6.97. The van der Waals surface area contributed by atoms with Crippen molar-refractivity contribution in [2.75, 3.05) is 25.0 Å². The van der Waals surface area contributed by atoms with Crippen molar-refractivity contribution < 1.29 is 4.79 Å². The van der Waals surface area contributed by atoms with Crippen LogP contribution in [0.1, 0.15) is 42.6 Å². The Bertz CT molecular complexity index is 1140. The summed E-state index contributed by atoms with van der Waals surface area (Å²) in [6.07, 6.45) is 5.56. The van der Waals surface area contributed by atoms with Crippen LogP contribution >= 0.6 is 24.8 Å². The summed E-state index contributed by atoms with van der Waals surface area (Å²) in [5.74, 6) is 1.92. The van der Waals surface area contributed by atoms with Crippen LogP contribution in [-0.2, 0) is 24.7 Å². The maximum atomic E-state index is 12.8. The number of hydrogen-bond donors (Lipinski definition) is 3. The Labute approximate surface area is 219 Å².